The first-order chi connectivity index (χ1) is 11.3. The van der Waals surface area contributed by atoms with Gasteiger partial charge >= 0.3 is 6.09 Å². The summed E-state index contributed by atoms with van der Waals surface area (Å²) >= 11 is 0. The number of nitrogens with one attached hydrogen (secondary N) is 1. The maximum Gasteiger partial charge on any atom is 0.412 e. The number of ether oxygens (including phenoxy) is 2. The predicted molar refractivity (Wildman–Crippen MR) is 90.7 cm³/mol. The third-order valence-corrected chi connectivity index (χ3v) is 3.53. The second-order valence-electron chi connectivity index (χ2n) is 5.05. The number of hydrogen-bond acceptors (Lipinski definition) is 3. The summed E-state index contributed by atoms with van der Waals surface area (Å²) in [6.07, 6.45) is -0.512. The van der Waals surface area contributed by atoms with Crippen molar-refractivity contribution in [2.24, 2.45) is 0 Å². The highest BCUT2D eigenvalue weighted by molar-refractivity contribution is 5.97. The van der Waals surface area contributed by atoms with Gasteiger partial charge in [-0.25, -0.2) is 4.79 Å². The van der Waals surface area contributed by atoms with Crippen molar-refractivity contribution in [1.29, 1.82) is 0 Å². The minimum Gasteiger partial charge on any atom is -0.494 e. The fourth-order valence-electron chi connectivity index (χ4n) is 2.43. The number of carbonyl (C=O) groups is 1. The van der Waals surface area contributed by atoms with E-state index < -0.39 is 6.09 Å². The van der Waals surface area contributed by atoms with Crippen LogP contribution in [0.1, 0.15) is 5.56 Å². The van der Waals surface area contributed by atoms with Crippen molar-refractivity contribution in [2.75, 3.05) is 12.4 Å². The van der Waals surface area contributed by atoms with E-state index >= 15 is 0 Å². The van der Waals surface area contributed by atoms with Crippen LogP contribution in [0.5, 0.6) is 5.75 Å². The lowest BCUT2D eigenvalue weighted by atomic mass is 10.1. The standard InChI is InChI=1S/C19H17NO3/c1-22-18-16-10-6-5-9-15(16)11-12-17(18)20-19(21)23-13-14-7-3-2-4-8-14/h2-12H,13H2,1H3,(H,20,21). The highest BCUT2D eigenvalue weighted by atomic mass is 16.5. The fourth-order valence-corrected chi connectivity index (χ4v) is 2.43. The van der Waals surface area contributed by atoms with Crippen molar-refractivity contribution in [3.8, 4) is 5.75 Å². The summed E-state index contributed by atoms with van der Waals surface area (Å²) in [6, 6.07) is 21.1. The molecule has 0 radical (unpaired) electrons. The molecular formula is C19H17NO3. The van der Waals surface area contributed by atoms with Gasteiger partial charge in [0.1, 0.15) is 12.4 Å². The minimum absolute atomic E-state index is 0.225. The molecule has 0 spiro atoms. The lowest BCUT2D eigenvalue weighted by Gasteiger charge is -2.13. The van der Waals surface area contributed by atoms with Gasteiger partial charge in [-0.05, 0) is 17.0 Å². The molecule has 4 heteroatoms. The molecule has 1 N–H and O–H groups in total. The molecule has 0 aromatic heterocycles. The van der Waals surface area contributed by atoms with Crippen molar-refractivity contribution in [1.82, 2.24) is 0 Å². The Morgan fingerprint density at radius 3 is 2.48 bits per heavy atom. The monoisotopic (exact) mass is 307 g/mol. The quantitative estimate of drug-likeness (QED) is 0.766. The van der Waals surface area contributed by atoms with Crippen molar-refractivity contribution >= 4 is 22.6 Å². The average Bonchev–Trinajstić information content (AvgIpc) is 2.60. The molecule has 3 aromatic rings. The lowest BCUT2D eigenvalue weighted by Crippen LogP contribution is -2.14. The summed E-state index contributed by atoms with van der Waals surface area (Å²) in [6.45, 7) is 0.225. The van der Waals surface area contributed by atoms with Gasteiger partial charge in [0.05, 0.1) is 12.8 Å². The van der Waals surface area contributed by atoms with E-state index in [9.17, 15) is 4.79 Å². The molecular weight excluding hydrogens is 290 g/mol. The molecule has 23 heavy (non-hydrogen) atoms. The zero-order valence-electron chi connectivity index (χ0n) is 12.8. The summed E-state index contributed by atoms with van der Waals surface area (Å²) in [7, 11) is 1.59. The molecule has 3 aromatic carbocycles. The van der Waals surface area contributed by atoms with E-state index in [4.69, 9.17) is 9.47 Å². The van der Waals surface area contributed by atoms with Crippen molar-refractivity contribution in [2.45, 2.75) is 6.61 Å². The highest BCUT2D eigenvalue weighted by Gasteiger charge is 2.11. The third-order valence-electron chi connectivity index (χ3n) is 3.53. The van der Waals surface area contributed by atoms with Crippen LogP contribution >= 0.6 is 0 Å². The molecule has 0 fully saturated rings. The largest absolute Gasteiger partial charge is 0.494 e. The van der Waals surface area contributed by atoms with Gasteiger partial charge in [-0.2, -0.15) is 0 Å². The van der Waals surface area contributed by atoms with Crippen LogP contribution in [0.25, 0.3) is 10.8 Å². The Hall–Kier alpha value is -3.01. The number of fused-ring (bicyclic) bond motifs is 1. The number of rotatable bonds is 4. The second-order valence-corrected chi connectivity index (χ2v) is 5.05. The number of anilines is 1. The van der Waals surface area contributed by atoms with E-state index in [1.807, 2.05) is 66.7 Å². The van der Waals surface area contributed by atoms with Crippen LogP contribution in [0.15, 0.2) is 66.7 Å². The Morgan fingerprint density at radius 1 is 0.957 bits per heavy atom. The van der Waals surface area contributed by atoms with E-state index in [-0.39, 0.29) is 6.61 Å². The first-order valence-electron chi connectivity index (χ1n) is 7.31. The summed E-state index contributed by atoms with van der Waals surface area (Å²) in [5.41, 5.74) is 1.53. The zero-order valence-corrected chi connectivity index (χ0v) is 12.8. The Bertz CT molecular complexity index is 815. The molecule has 0 aliphatic rings. The van der Waals surface area contributed by atoms with Gasteiger partial charge < -0.3 is 9.47 Å². The smallest absolute Gasteiger partial charge is 0.412 e. The van der Waals surface area contributed by atoms with Gasteiger partial charge in [-0.3, -0.25) is 5.32 Å². The molecule has 116 valence electrons. The van der Waals surface area contributed by atoms with Gasteiger partial charge in [0, 0.05) is 5.39 Å². The summed E-state index contributed by atoms with van der Waals surface area (Å²) in [5.74, 6) is 0.625. The summed E-state index contributed by atoms with van der Waals surface area (Å²) in [5, 5.41) is 4.73. The van der Waals surface area contributed by atoms with Crippen LogP contribution in [-0.4, -0.2) is 13.2 Å². The molecule has 0 atom stereocenters. The van der Waals surface area contributed by atoms with Crippen LogP contribution in [0.3, 0.4) is 0 Å². The normalized spacial score (nSPS) is 10.3. The molecule has 3 rings (SSSR count). The molecule has 0 saturated heterocycles. The third kappa shape index (κ3) is 3.43. The number of benzene rings is 3. The van der Waals surface area contributed by atoms with E-state index in [0.717, 1.165) is 16.3 Å². The van der Waals surface area contributed by atoms with Gasteiger partial charge in [-0.1, -0.05) is 60.7 Å². The SMILES string of the molecule is COc1c(NC(=O)OCc2ccccc2)ccc2ccccc12. The molecule has 0 heterocycles. The fraction of sp³-hybridized carbons (Fsp3) is 0.105. The zero-order chi connectivity index (χ0) is 16.1. The second kappa shape index (κ2) is 6.83. The number of methoxy groups -OCH3 is 1. The van der Waals surface area contributed by atoms with E-state index in [1.54, 1.807) is 7.11 Å². The van der Waals surface area contributed by atoms with E-state index in [1.165, 1.54) is 0 Å². The summed E-state index contributed by atoms with van der Waals surface area (Å²) < 4.78 is 10.7. The number of amides is 1. The van der Waals surface area contributed by atoms with Crippen LogP contribution < -0.4 is 10.1 Å². The first-order valence-corrected chi connectivity index (χ1v) is 7.31. The van der Waals surface area contributed by atoms with Gasteiger partial charge in [-0.15, -0.1) is 0 Å². The predicted octanol–water partition coefficient (Wildman–Crippen LogP) is 4.60. The first kappa shape index (κ1) is 14.9. The molecule has 0 saturated carbocycles. The molecule has 4 nitrogen and oxygen atoms in total. The van der Waals surface area contributed by atoms with Crippen LogP contribution in [0.4, 0.5) is 10.5 Å². The average molecular weight is 307 g/mol. The van der Waals surface area contributed by atoms with E-state index in [0.29, 0.717) is 11.4 Å². The maximum absolute atomic E-state index is 12.0. The Kier molecular flexibility index (Phi) is 4.43. The van der Waals surface area contributed by atoms with Crippen molar-refractivity contribution < 1.29 is 14.3 Å². The van der Waals surface area contributed by atoms with Gasteiger partial charge in [0.25, 0.3) is 0 Å². The van der Waals surface area contributed by atoms with Gasteiger partial charge in [0.2, 0.25) is 0 Å². The topological polar surface area (TPSA) is 47.6 Å². The Labute approximate surface area is 134 Å². The molecule has 0 aliphatic heterocycles. The van der Waals surface area contributed by atoms with E-state index in [2.05, 4.69) is 5.32 Å². The molecule has 0 bridgehead atoms. The number of hydrogen-bond donors (Lipinski definition) is 1. The minimum atomic E-state index is -0.512. The van der Waals surface area contributed by atoms with Crippen molar-refractivity contribution in [3.05, 3.63) is 72.3 Å². The van der Waals surface area contributed by atoms with Gasteiger partial charge in [0.15, 0.2) is 0 Å². The highest BCUT2D eigenvalue weighted by Crippen LogP contribution is 2.33. The lowest BCUT2D eigenvalue weighted by molar-refractivity contribution is 0.155. The van der Waals surface area contributed by atoms with Crippen LogP contribution in [0.2, 0.25) is 0 Å². The van der Waals surface area contributed by atoms with Crippen molar-refractivity contribution in [3.63, 3.8) is 0 Å². The Morgan fingerprint density at radius 2 is 1.70 bits per heavy atom. The Balaban J connectivity index is 1.74. The van der Waals surface area contributed by atoms with Crippen LogP contribution in [-0.2, 0) is 11.3 Å². The maximum atomic E-state index is 12.0. The molecule has 1 amide bonds. The number of carbonyl (C=O) groups excluding carboxylic acids is 1. The molecule has 0 aliphatic carbocycles. The van der Waals surface area contributed by atoms with Crippen LogP contribution in [0, 0.1) is 0 Å². The molecule has 0 unspecified atom stereocenters. The summed E-state index contributed by atoms with van der Waals surface area (Å²) in [4.78, 5) is 12.0.